The first-order chi connectivity index (χ1) is 13.7. The van der Waals surface area contributed by atoms with Gasteiger partial charge in [0.25, 0.3) is 5.91 Å². The van der Waals surface area contributed by atoms with E-state index < -0.39 is 0 Å². The molecule has 1 aliphatic heterocycles. The fourth-order valence-electron chi connectivity index (χ4n) is 3.82. The lowest BCUT2D eigenvalue weighted by atomic mass is 10.1. The lowest BCUT2D eigenvalue weighted by Crippen LogP contribution is -2.31. The Morgan fingerprint density at radius 1 is 1.11 bits per heavy atom. The van der Waals surface area contributed by atoms with E-state index >= 15 is 0 Å². The van der Waals surface area contributed by atoms with Gasteiger partial charge in [0, 0.05) is 13.1 Å². The van der Waals surface area contributed by atoms with E-state index in [4.69, 9.17) is 0 Å². The van der Waals surface area contributed by atoms with Gasteiger partial charge in [0.2, 0.25) is 0 Å². The summed E-state index contributed by atoms with van der Waals surface area (Å²) in [7, 11) is 1.95. The van der Waals surface area contributed by atoms with E-state index in [1.54, 1.807) is 4.68 Å². The average molecular weight is 375 g/mol. The van der Waals surface area contributed by atoms with Crippen LogP contribution in [0.2, 0.25) is 0 Å². The fraction of sp³-hybridized carbons (Fsp3) is 0.318. The number of rotatable bonds is 5. The standard InChI is InChI=1S/C22H25N5O/c1-16-21(22(28)26-13-12-17(15-26)14-23-2)24-25-27(16)20-10-8-19(9-11-20)18-6-4-3-5-7-18/h3-11,17,23H,12-15H2,1-2H3/t17-/m1/s1. The summed E-state index contributed by atoms with van der Waals surface area (Å²) >= 11 is 0. The number of hydrogen-bond acceptors (Lipinski definition) is 4. The van der Waals surface area contributed by atoms with E-state index in [9.17, 15) is 4.79 Å². The third-order valence-corrected chi connectivity index (χ3v) is 5.38. The SMILES string of the molecule is CNC[C@H]1CCN(C(=O)c2nnn(-c3ccc(-c4ccccc4)cc3)c2C)C1. The van der Waals surface area contributed by atoms with Crippen LogP contribution in [0.25, 0.3) is 16.8 Å². The van der Waals surface area contributed by atoms with Crippen LogP contribution >= 0.6 is 0 Å². The molecule has 1 aromatic heterocycles. The largest absolute Gasteiger partial charge is 0.337 e. The number of nitrogens with zero attached hydrogens (tertiary/aromatic N) is 4. The number of carbonyl (C=O) groups is 1. The Morgan fingerprint density at radius 2 is 1.82 bits per heavy atom. The van der Waals surface area contributed by atoms with Crippen molar-refractivity contribution >= 4 is 5.91 Å². The number of hydrogen-bond donors (Lipinski definition) is 1. The summed E-state index contributed by atoms with van der Waals surface area (Å²) in [6.45, 7) is 4.39. The van der Waals surface area contributed by atoms with Gasteiger partial charge in [-0.2, -0.15) is 0 Å². The summed E-state index contributed by atoms with van der Waals surface area (Å²) in [4.78, 5) is 14.8. The first kappa shape index (κ1) is 18.4. The van der Waals surface area contributed by atoms with Gasteiger partial charge in [0.05, 0.1) is 11.4 Å². The zero-order chi connectivity index (χ0) is 19.5. The second kappa shape index (κ2) is 7.94. The molecule has 0 unspecified atom stereocenters. The Bertz CT molecular complexity index is 949. The predicted octanol–water partition coefficient (Wildman–Crippen LogP) is 2.92. The number of carbonyl (C=O) groups excluding carboxylic acids is 1. The summed E-state index contributed by atoms with van der Waals surface area (Å²) < 4.78 is 1.74. The molecule has 1 saturated heterocycles. The highest BCUT2D eigenvalue weighted by molar-refractivity contribution is 5.93. The summed E-state index contributed by atoms with van der Waals surface area (Å²) in [6.07, 6.45) is 1.03. The summed E-state index contributed by atoms with van der Waals surface area (Å²) in [5, 5.41) is 11.6. The molecule has 4 rings (SSSR count). The van der Waals surface area contributed by atoms with Gasteiger partial charge in [-0.15, -0.1) is 5.10 Å². The quantitative estimate of drug-likeness (QED) is 0.745. The molecule has 2 heterocycles. The van der Waals surface area contributed by atoms with E-state index in [1.807, 2.05) is 49.2 Å². The third kappa shape index (κ3) is 3.55. The van der Waals surface area contributed by atoms with Crippen molar-refractivity contribution in [1.29, 1.82) is 0 Å². The van der Waals surface area contributed by atoms with Crippen LogP contribution in [0.5, 0.6) is 0 Å². The Balaban J connectivity index is 1.53. The van der Waals surface area contributed by atoms with Crippen molar-refractivity contribution in [1.82, 2.24) is 25.2 Å². The Labute approximate surface area is 165 Å². The number of benzene rings is 2. The maximum Gasteiger partial charge on any atom is 0.276 e. The monoisotopic (exact) mass is 375 g/mol. The van der Waals surface area contributed by atoms with E-state index in [1.165, 1.54) is 5.56 Å². The molecule has 6 heteroatoms. The van der Waals surface area contributed by atoms with E-state index in [0.29, 0.717) is 11.6 Å². The van der Waals surface area contributed by atoms with Crippen molar-refractivity contribution in [3.63, 3.8) is 0 Å². The first-order valence-electron chi connectivity index (χ1n) is 9.69. The molecule has 2 aromatic carbocycles. The maximum atomic E-state index is 12.9. The number of aromatic nitrogens is 3. The Hall–Kier alpha value is -2.99. The molecule has 1 fully saturated rings. The molecule has 1 N–H and O–H groups in total. The number of nitrogens with one attached hydrogen (secondary N) is 1. The highest BCUT2D eigenvalue weighted by Gasteiger charge is 2.29. The second-order valence-electron chi connectivity index (χ2n) is 7.31. The third-order valence-electron chi connectivity index (χ3n) is 5.38. The molecule has 144 valence electrons. The number of amides is 1. The molecule has 0 radical (unpaired) electrons. The van der Waals surface area contributed by atoms with Gasteiger partial charge in [-0.3, -0.25) is 4.79 Å². The Kier molecular flexibility index (Phi) is 5.21. The smallest absolute Gasteiger partial charge is 0.276 e. The summed E-state index contributed by atoms with van der Waals surface area (Å²) in [5.41, 5.74) is 4.43. The van der Waals surface area contributed by atoms with Gasteiger partial charge < -0.3 is 10.2 Å². The van der Waals surface area contributed by atoms with Crippen LogP contribution in [0.4, 0.5) is 0 Å². The normalized spacial score (nSPS) is 16.5. The van der Waals surface area contributed by atoms with Crippen molar-refractivity contribution in [2.45, 2.75) is 13.3 Å². The maximum absolute atomic E-state index is 12.9. The van der Waals surface area contributed by atoms with Crippen molar-refractivity contribution in [2.24, 2.45) is 5.92 Å². The van der Waals surface area contributed by atoms with Crippen LogP contribution in [-0.4, -0.2) is 52.5 Å². The minimum Gasteiger partial charge on any atom is -0.337 e. The van der Waals surface area contributed by atoms with Crippen molar-refractivity contribution < 1.29 is 4.79 Å². The molecule has 1 amide bonds. The van der Waals surface area contributed by atoms with Crippen LogP contribution in [0.1, 0.15) is 22.6 Å². The summed E-state index contributed by atoms with van der Waals surface area (Å²) in [5.74, 6) is 0.484. The van der Waals surface area contributed by atoms with Crippen molar-refractivity contribution in [3.05, 3.63) is 66.0 Å². The molecular weight excluding hydrogens is 350 g/mol. The van der Waals surface area contributed by atoms with Gasteiger partial charge in [0.1, 0.15) is 0 Å². The number of likely N-dealkylation sites (tertiary alicyclic amines) is 1. The molecule has 1 aliphatic rings. The molecule has 0 bridgehead atoms. The minimum atomic E-state index is -0.0248. The minimum absolute atomic E-state index is 0.0248. The molecule has 3 aromatic rings. The second-order valence-corrected chi connectivity index (χ2v) is 7.31. The molecule has 0 spiro atoms. The zero-order valence-electron chi connectivity index (χ0n) is 16.3. The van der Waals surface area contributed by atoms with Crippen LogP contribution < -0.4 is 5.32 Å². The molecule has 0 saturated carbocycles. The van der Waals surface area contributed by atoms with Gasteiger partial charge in [-0.25, -0.2) is 4.68 Å². The first-order valence-corrected chi connectivity index (χ1v) is 9.69. The average Bonchev–Trinajstić information content (AvgIpc) is 3.35. The van der Waals surface area contributed by atoms with Gasteiger partial charge >= 0.3 is 0 Å². The lowest BCUT2D eigenvalue weighted by Gasteiger charge is -2.15. The summed E-state index contributed by atoms with van der Waals surface area (Å²) in [6, 6.07) is 18.4. The topological polar surface area (TPSA) is 63.1 Å². The van der Waals surface area contributed by atoms with Crippen molar-refractivity contribution in [3.8, 4) is 16.8 Å². The van der Waals surface area contributed by atoms with Gasteiger partial charge in [-0.1, -0.05) is 47.7 Å². The van der Waals surface area contributed by atoms with Gasteiger partial charge in [-0.05, 0) is 56.1 Å². The highest BCUT2D eigenvalue weighted by Crippen LogP contribution is 2.23. The van der Waals surface area contributed by atoms with Crippen LogP contribution in [0, 0.1) is 12.8 Å². The Morgan fingerprint density at radius 3 is 2.54 bits per heavy atom. The molecular formula is C22H25N5O. The molecule has 1 atom stereocenters. The lowest BCUT2D eigenvalue weighted by molar-refractivity contribution is 0.0780. The van der Waals surface area contributed by atoms with Gasteiger partial charge in [0.15, 0.2) is 5.69 Å². The van der Waals surface area contributed by atoms with E-state index in [0.717, 1.165) is 43.0 Å². The van der Waals surface area contributed by atoms with E-state index in [-0.39, 0.29) is 5.91 Å². The molecule has 28 heavy (non-hydrogen) atoms. The molecule has 6 nitrogen and oxygen atoms in total. The van der Waals surface area contributed by atoms with Crippen LogP contribution in [0.15, 0.2) is 54.6 Å². The molecule has 0 aliphatic carbocycles. The van der Waals surface area contributed by atoms with Crippen molar-refractivity contribution in [2.75, 3.05) is 26.7 Å². The fourth-order valence-corrected chi connectivity index (χ4v) is 3.82. The van der Waals surface area contributed by atoms with E-state index in [2.05, 4.69) is 39.9 Å². The van der Waals surface area contributed by atoms with Crippen LogP contribution in [-0.2, 0) is 0 Å². The van der Waals surface area contributed by atoms with Crippen LogP contribution in [0.3, 0.4) is 0 Å². The zero-order valence-corrected chi connectivity index (χ0v) is 16.3. The predicted molar refractivity (Wildman–Crippen MR) is 109 cm³/mol. The highest BCUT2D eigenvalue weighted by atomic mass is 16.2.